The summed E-state index contributed by atoms with van der Waals surface area (Å²) in [5, 5.41) is 2.82. The van der Waals surface area contributed by atoms with Crippen molar-refractivity contribution < 1.29 is 14.3 Å². The number of para-hydroxylation sites is 1. The van der Waals surface area contributed by atoms with Gasteiger partial charge in [-0.25, -0.2) is 9.69 Å². The SMILES string of the molecule is O=C1NC(CN2CCCCC2)C(=O)N1c1ccc(Oc2ccccc2)cc1. The summed E-state index contributed by atoms with van der Waals surface area (Å²) >= 11 is 0. The predicted octanol–water partition coefficient (Wildman–Crippen LogP) is 3.39. The topological polar surface area (TPSA) is 61.9 Å². The second-order valence-corrected chi connectivity index (χ2v) is 6.95. The molecule has 2 aliphatic rings. The standard InChI is InChI=1S/C21H23N3O3/c25-20-19(15-23-13-5-2-6-14-23)22-21(26)24(20)16-9-11-18(12-10-16)27-17-7-3-1-4-8-17/h1,3-4,7-12,19H,2,5-6,13-15H2,(H,22,26). The predicted molar refractivity (Wildman–Crippen MR) is 103 cm³/mol. The molecule has 140 valence electrons. The Labute approximate surface area is 158 Å². The molecule has 1 unspecified atom stereocenters. The molecular weight excluding hydrogens is 342 g/mol. The number of rotatable bonds is 5. The summed E-state index contributed by atoms with van der Waals surface area (Å²) in [6.07, 6.45) is 3.55. The number of hydrogen-bond acceptors (Lipinski definition) is 4. The third-order valence-corrected chi connectivity index (χ3v) is 4.98. The summed E-state index contributed by atoms with van der Waals surface area (Å²) in [4.78, 5) is 28.6. The van der Waals surface area contributed by atoms with Gasteiger partial charge in [-0.1, -0.05) is 24.6 Å². The van der Waals surface area contributed by atoms with Gasteiger partial charge >= 0.3 is 6.03 Å². The average Bonchev–Trinajstić information content (AvgIpc) is 2.97. The molecule has 2 aliphatic heterocycles. The molecule has 0 spiro atoms. The van der Waals surface area contributed by atoms with E-state index in [1.165, 1.54) is 11.3 Å². The number of hydrogen-bond donors (Lipinski definition) is 1. The highest BCUT2D eigenvalue weighted by Crippen LogP contribution is 2.26. The van der Waals surface area contributed by atoms with Gasteiger partial charge in [-0.3, -0.25) is 4.79 Å². The Kier molecular flexibility index (Phi) is 5.07. The third-order valence-electron chi connectivity index (χ3n) is 4.98. The molecule has 0 saturated carbocycles. The lowest BCUT2D eigenvalue weighted by molar-refractivity contribution is -0.118. The van der Waals surface area contributed by atoms with E-state index in [1.807, 2.05) is 30.3 Å². The van der Waals surface area contributed by atoms with Gasteiger partial charge < -0.3 is 15.0 Å². The Hall–Kier alpha value is -2.86. The second kappa shape index (κ2) is 7.80. The summed E-state index contributed by atoms with van der Waals surface area (Å²) in [6, 6.07) is 15.6. The third kappa shape index (κ3) is 3.95. The lowest BCUT2D eigenvalue weighted by atomic mass is 10.1. The Balaban J connectivity index is 1.43. The molecule has 27 heavy (non-hydrogen) atoms. The van der Waals surface area contributed by atoms with Crippen molar-refractivity contribution >= 4 is 17.6 Å². The van der Waals surface area contributed by atoms with Crippen LogP contribution in [0.2, 0.25) is 0 Å². The normalized spacial score (nSPS) is 20.6. The molecule has 1 N–H and O–H groups in total. The number of anilines is 1. The molecule has 4 rings (SSSR count). The molecule has 2 aromatic carbocycles. The number of benzene rings is 2. The van der Waals surface area contributed by atoms with Crippen molar-refractivity contribution in [2.75, 3.05) is 24.5 Å². The number of amides is 3. The molecule has 6 nitrogen and oxygen atoms in total. The Morgan fingerprint density at radius 3 is 2.26 bits per heavy atom. The average molecular weight is 365 g/mol. The molecule has 3 amide bonds. The van der Waals surface area contributed by atoms with E-state index in [9.17, 15) is 9.59 Å². The van der Waals surface area contributed by atoms with Gasteiger partial charge in [0, 0.05) is 6.54 Å². The fourth-order valence-corrected chi connectivity index (χ4v) is 3.59. The highest BCUT2D eigenvalue weighted by Gasteiger charge is 2.39. The molecular formula is C21H23N3O3. The maximum atomic E-state index is 12.8. The minimum Gasteiger partial charge on any atom is -0.457 e. The van der Waals surface area contributed by atoms with Crippen LogP contribution < -0.4 is 15.0 Å². The van der Waals surface area contributed by atoms with E-state index < -0.39 is 6.04 Å². The first-order valence-electron chi connectivity index (χ1n) is 9.40. The van der Waals surface area contributed by atoms with Gasteiger partial charge in [0.2, 0.25) is 0 Å². The monoisotopic (exact) mass is 365 g/mol. The first-order valence-corrected chi connectivity index (χ1v) is 9.40. The number of imide groups is 1. The fraction of sp³-hybridized carbons (Fsp3) is 0.333. The zero-order valence-electron chi connectivity index (χ0n) is 15.1. The number of ether oxygens (including phenoxy) is 1. The Bertz CT molecular complexity index is 801. The molecule has 0 aromatic heterocycles. The molecule has 2 aromatic rings. The lowest BCUT2D eigenvalue weighted by Gasteiger charge is -2.28. The van der Waals surface area contributed by atoms with Crippen LogP contribution in [0.25, 0.3) is 0 Å². The van der Waals surface area contributed by atoms with Crippen LogP contribution in [0.3, 0.4) is 0 Å². The molecule has 2 fully saturated rings. The number of urea groups is 1. The minimum atomic E-state index is -0.476. The zero-order chi connectivity index (χ0) is 18.6. The van der Waals surface area contributed by atoms with Gasteiger partial charge in [-0.15, -0.1) is 0 Å². The van der Waals surface area contributed by atoms with Crippen molar-refractivity contribution in [3.63, 3.8) is 0 Å². The molecule has 1 atom stereocenters. The molecule has 6 heteroatoms. The van der Waals surface area contributed by atoms with Crippen molar-refractivity contribution in [3.8, 4) is 11.5 Å². The van der Waals surface area contributed by atoms with Gasteiger partial charge in [0.1, 0.15) is 17.5 Å². The van der Waals surface area contributed by atoms with Crippen LogP contribution in [-0.2, 0) is 4.79 Å². The van der Waals surface area contributed by atoms with E-state index in [0.29, 0.717) is 18.0 Å². The van der Waals surface area contributed by atoms with Gasteiger partial charge in [0.25, 0.3) is 5.91 Å². The van der Waals surface area contributed by atoms with Crippen LogP contribution in [-0.4, -0.2) is 42.5 Å². The quantitative estimate of drug-likeness (QED) is 0.825. The number of nitrogens with one attached hydrogen (secondary N) is 1. The van der Waals surface area contributed by atoms with Gasteiger partial charge in [-0.05, 0) is 62.3 Å². The van der Waals surface area contributed by atoms with Crippen molar-refractivity contribution in [1.29, 1.82) is 0 Å². The summed E-state index contributed by atoms with van der Waals surface area (Å²) in [5.74, 6) is 1.20. The van der Waals surface area contributed by atoms with Crippen LogP contribution in [0, 0.1) is 0 Å². The van der Waals surface area contributed by atoms with Crippen LogP contribution in [0.4, 0.5) is 10.5 Å². The highest BCUT2D eigenvalue weighted by atomic mass is 16.5. The van der Waals surface area contributed by atoms with Gasteiger partial charge in [0.15, 0.2) is 0 Å². The first kappa shape index (κ1) is 17.5. The first-order chi connectivity index (χ1) is 13.2. The van der Waals surface area contributed by atoms with Crippen LogP contribution in [0.1, 0.15) is 19.3 Å². The van der Waals surface area contributed by atoms with Crippen molar-refractivity contribution in [3.05, 3.63) is 54.6 Å². The molecule has 2 heterocycles. The molecule has 2 saturated heterocycles. The van der Waals surface area contributed by atoms with Gasteiger partial charge in [0.05, 0.1) is 5.69 Å². The Morgan fingerprint density at radius 1 is 0.889 bits per heavy atom. The Morgan fingerprint density at radius 2 is 1.56 bits per heavy atom. The highest BCUT2D eigenvalue weighted by molar-refractivity contribution is 6.21. The maximum absolute atomic E-state index is 12.8. The van der Waals surface area contributed by atoms with E-state index in [-0.39, 0.29) is 11.9 Å². The van der Waals surface area contributed by atoms with E-state index >= 15 is 0 Å². The summed E-state index contributed by atoms with van der Waals surface area (Å²) in [6.45, 7) is 2.56. The molecule has 0 aliphatic carbocycles. The van der Waals surface area contributed by atoms with Crippen LogP contribution in [0.15, 0.2) is 54.6 Å². The maximum Gasteiger partial charge on any atom is 0.329 e. The number of piperidine rings is 1. The second-order valence-electron chi connectivity index (χ2n) is 6.95. The molecule has 0 bridgehead atoms. The van der Waals surface area contributed by atoms with Crippen molar-refractivity contribution in [2.45, 2.75) is 25.3 Å². The number of carbonyl (C=O) groups excluding carboxylic acids is 2. The number of carbonyl (C=O) groups is 2. The van der Waals surface area contributed by atoms with Crippen LogP contribution >= 0.6 is 0 Å². The lowest BCUT2D eigenvalue weighted by Crippen LogP contribution is -2.44. The summed E-state index contributed by atoms with van der Waals surface area (Å²) in [7, 11) is 0. The van der Waals surface area contributed by atoms with E-state index in [1.54, 1.807) is 24.3 Å². The summed E-state index contributed by atoms with van der Waals surface area (Å²) < 4.78 is 5.76. The van der Waals surface area contributed by atoms with Crippen molar-refractivity contribution in [1.82, 2.24) is 10.2 Å². The van der Waals surface area contributed by atoms with E-state index in [0.717, 1.165) is 31.7 Å². The summed E-state index contributed by atoms with van der Waals surface area (Å²) in [5.41, 5.74) is 0.555. The van der Waals surface area contributed by atoms with Crippen LogP contribution in [0.5, 0.6) is 11.5 Å². The van der Waals surface area contributed by atoms with E-state index in [2.05, 4.69) is 10.2 Å². The zero-order valence-corrected chi connectivity index (χ0v) is 15.1. The molecule has 0 radical (unpaired) electrons. The van der Waals surface area contributed by atoms with Crippen molar-refractivity contribution in [2.24, 2.45) is 0 Å². The largest absolute Gasteiger partial charge is 0.457 e. The fourth-order valence-electron chi connectivity index (χ4n) is 3.59. The number of likely N-dealkylation sites (tertiary alicyclic amines) is 1. The minimum absolute atomic E-state index is 0.192. The number of nitrogens with zero attached hydrogens (tertiary/aromatic N) is 2. The van der Waals surface area contributed by atoms with Gasteiger partial charge in [-0.2, -0.15) is 0 Å². The van der Waals surface area contributed by atoms with E-state index in [4.69, 9.17) is 4.74 Å². The smallest absolute Gasteiger partial charge is 0.329 e.